The third-order valence-electron chi connectivity index (χ3n) is 4.05. The van der Waals surface area contributed by atoms with Crippen molar-refractivity contribution in [2.24, 2.45) is 0 Å². The van der Waals surface area contributed by atoms with Crippen LogP contribution in [0.5, 0.6) is 0 Å². The van der Waals surface area contributed by atoms with E-state index in [1.54, 1.807) is 0 Å². The van der Waals surface area contributed by atoms with Crippen LogP contribution in [0.2, 0.25) is 0 Å². The smallest absolute Gasteiger partial charge is 0.370 e. The number of fused-ring (bicyclic) bond motifs is 1. The molecule has 0 bridgehead atoms. The fourth-order valence-electron chi connectivity index (χ4n) is 3.14. The van der Waals surface area contributed by atoms with Crippen molar-refractivity contribution in [1.82, 2.24) is 0 Å². The summed E-state index contributed by atoms with van der Waals surface area (Å²) in [7, 11) is -2.99. The molecule has 4 heteroatoms. The third-order valence-corrected chi connectivity index (χ3v) is 7.20. The molecule has 0 amide bonds. The summed E-state index contributed by atoms with van der Waals surface area (Å²) < 4.78 is 18.7. The van der Waals surface area contributed by atoms with Crippen LogP contribution in [0, 0.1) is 0 Å². The van der Waals surface area contributed by atoms with Crippen molar-refractivity contribution < 1.29 is 13.3 Å². The highest BCUT2D eigenvalue weighted by molar-refractivity contribution is 6.78. The van der Waals surface area contributed by atoms with Gasteiger partial charge in [0.1, 0.15) is 0 Å². The lowest BCUT2D eigenvalue weighted by Gasteiger charge is -2.34. The highest BCUT2D eigenvalue weighted by atomic mass is 28.4. The molecule has 2 aromatic carbocycles. The van der Waals surface area contributed by atoms with Gasteiger partial charge >= 0.3 is 8.80 Å². The van der Waals surface area contributed by atoms with Gasteiger partial charge in [-0.2, -0.15) is 0 Å². The van der Waals surface area contributed by atoms with E-state index in [2.05, 4.69) is 57.2 Å². The van der Waals surface area contributed by atoms with Gasteiger partial charge in [0.15, 0.2) is 0 Å². The maximum Gasteiger partial charge on any atom is 0.538 e. The van der Waals surface area contributed by atoms with Crippen molar-refractivity contribution in [1.29, 1.82) is 0 Å². The molecule has 0 aliphatic heterocycles. The van der Waals surface area contributed by atoms with Gasteiger partial charge in [0.2, 0.25) is 0 Å². The molecule has 24 heavy (non-hydrogen) atoms. The van der Waals surface area contributed by atoms with Gasteiger partial charge in [-0.05, 0) is 42.5 Å². The lowest BCUT2D eigenvalue weighted by molar-refractivity contribution is 0.0858. The zero-order chi connectivity index (χ0) is 17.8. The van der Waals surface area contributed by atoms with Crippen LogP contribution >= 0.6 is 0 Å². The minimum Gasteiger partial charge on any atom is -0.370 e. The fraction of sp³-hybridized carbons (Fsp3) is 0.500. The summed E-state index contributed by atoms with van der Waals surface area (Å²) in [6.45, 7) is 14.4. The summed E-state index contributed by atoms with van der Waals surface area (Å²) in [6, 6.07) is 12.8. The van der Waals surface area contributed by atoms with Gasteiger partial charge in [0.05, 0.1) is 0 Å². The third kappa shape index (κ3) is 3.72. The van der Waals surface area contributed by atoms with Crippen LogP contribution in [0.3, 0.4) is 0 Å². The molecule has 0 fully saturated rings. The molecular weight excluding hydrogens is 316 g/mol. The Morgan fingerprint density at radius 1 is 0.792 bits per heavy atom. The lowest BCUT2D eigenvalue weighted by atomic mass is 9.85. The molecule has 0 aliphatic rings. The molecule has 0 atom stereocenters. The predicted octanol–water partition coefficient (Wildman–Crippen LogP) is 4.39. The normalized spacial score (nSPS) is 12.8. The number of rotatable bonds is 7. The Labute approximate surface area is 147 Å². The second-order valence-electron chi connectivity index (χ2n) is 6.81. The molecule has 0 radical (unpaired) electrons. The molecule has 0 N–H and O–H groups in total. The van der Waals surface area contributed by atoms with Gasteiger partial charge in [-0.15, -0.1) is 0 Å². The van der Waals surface area contributed by atoms with Crippen LogP contribution in [-0.2, 0) is 18.7 Å². The van der Waals surface area contributed by atoms with E-state index in [0.717, 1.165) is 5.19 Å². The maximum atomic E-state index is 6.23. The predicted molar refractivity (Wildman–Crippen MR) is 103 cm³/mol. The van der Waals surface area contributed by atoms with E-state index >= 15 is 0 Å². The number of hydrogen-bond acceptors (Lipinski definition) is 3. The van der Waals surface area contributed by atoms with Crippen molar-refractivity contribution in [3.05, 3.63) is 42.0 Å². The fourth-order valence-corrected chi connectivity index (χ4v) is 6.31. The van der Waals surface area contributed by atoms with Gasteiger partial charge in [0.25, 0.3) is 0 Å². The Balaban J connectivity index is 2.86. The van der Waals surface area contributed by atoms with Crippen molar-refractivity contribution in [3.63, 3.8) is 0 Å². The standard InChI is InChI=1S/C20H30O3Si/c1-7-21-24(22-8-2,23-9-3)19-17-13-11-10-12-16(17)14-15-18(19)20(4,5)6/h10-15H,7-9H2,1-6H3. The van der Waals surface area contributed by atoms with E-state index < -0.39 is 8.80 Å². The van der Waals surface area contributed by atoms with Gasteiger partial charge in [-0.25, -0.2) is 0 Å². The van der Waals surface area contributed by atoms with E-state index in [4.69, 9.17) is 13.3 Å². The second kappa shape index (κ2) is 7.79. The Morgan fingerprint density at radius 2 is 1.33 bits per heavy atom. The Morgan fingerprint density at radius 3 is 1.83 bits per heavy atom. The maximum absolute atomic E-state index is 6.23. The van der Waals surface area contributed by atoms with Crippen LogP contribution in [-0.4, -0.2) is 28.6 Å². The molecule has 0 spiro atoms. The minimum absolute atomic E-state index is 0.0249. The van der Waals surface area contributed by atoms with Crippen LogP contribution in [0.1, 0.15) is 47.1 Å². The van der Waals surface area contributed by atoms with Crippen molar-refractivity contribution in [3.8, 4) is 0 Å². The van der Waals surface area contributed by atoms with E-state index in [9.17, 15) is 0 Å². The summed E-state index contributed by atoms with van der Waals surface area (Å²) >= 11 is 0. The van der Waals surface area contributed by atoms with Gasteiger partial charge in [0, 0.05) is 25.0 Å². The monoisotopic (exact) mass is 346 g/mol. The topological polar surface area (TPSA) is 27.7 Å². The lowest BCUT2D eigenvalue weighted by Crippen LogP contribution is -2.59. The Bertz CT molecular complexity index is 659. The number of hydrogen-bond donors (Lipinski definition) is 0. The largest absolute Gasteiger partial charge is 0.538 e. The second-order valence-corrected chi connectivity index (χ2v) is 9.29. The first-order valence-corrected chi connectivity index (χ1v) is 10.6. The van der Waals surface area contributed by atoms with E-state index in [1.807, 2.05) is 20.8 Å². The summed E-state index contributed by atoms with van der Waals surface area (Å²) in [5.41, 5.74) is 1.21. The van der Waals surface area contributed by atoms with E-state index in [-0.39, 0.29) is 5.41 Å². The van der Waals surface area contributed by atoms with Crippen LogP contribution in [0.4, 0.5) is 0 Å². The molecule has 2 rings (SSSR count). The Hall–Kier alpha value is -1.20. The zero-order valence-corrected chi connectivity index (χ0v) is 16.8. The van der Waals surface area contributed by atoms with Crippen LogP contribution in [0.25, 0.3) is 10.8 Å². The molecular formula is C20H30O3Si. The van der Waals surface area contributed by atoms with E-state index in [1.165, 1.54) is 16.3 Å². The molecule has 0 saturated carbocycles. The first-order valence-electron chi connectivity index (χ1n) is 8.84. The highest BCUT2D eigenvalue weighted by Crippen LogP contribution is 2.28. The molecule has 2 aromatic rings. The van der Waals surface area contributed by atoms with Gasteiger partial charge in [-0.3, -0.25) is 0 Å². The summed E-state index contributed by atoms with van der Waals surface area (Å²) in [6.07, 6.45) is 0. The molecule has 0 unspecified atom stereocenters. The van der Waals surface area contributed by atoms with Crippen molar-refractivity contribution >= 4 is 24.8 Å². The minimum atomic E-state index is -2.99. The SMILES string of the molecule is CCO[Si](OCC)(OCC)c1c(C(C)(C)C)ccc2ccccc12. The highest BCUT2D eigenvalue weighted by Gasteiger charge is 2.47. The Kier molecular flexibility index (Phi) is 6.20. The first-order chi connectivity index (χ1) is 11.4. The molecule has 0 aromatic heterocycles. The molecule has 3 nitrogen and oxygen atoms in total. The van der Waals surface area contributed by atoms with Crippen LogP contribution < -0.4 is 5.19 Å². The van der Waals surface area contributed by atoms with Gasteiger partial charge < -0.3 is 13.3 Å². The van der Waals surface area contributed by atoms with Crippen LogP contribution in [0.15, 0.2) is 36.4 Å². The first kappa shape index (κ1) is 19.1. The average molecular weight is 347 g/mol. The zero-order valence-electron chi connectivity index (χ0n) is 15.8. The van der Waals surface area contributed by atoms with Crippen molar-refractivity contribution in [2.45, 2.75) is 47.0 Å². The van der Waals surface area contributed by atoms with Gasteiger partial charge in [-0.1, -0.05) is 57.2 Å². The summed E-state index contributed by atoms with van der Waals surface area (Å²) in [5, 5.41) is 3.49. The van der Waals surface area contributed by atoms with Crippen molar-refractivity contribution in [2.75, 3.05) is 19.8 Å². The molecule has 0 aliphatic carbocycles. The average Bonchev–Trinajstić information content (AvgIpc) is 2.53. The van der Waals surface area contributed by atoms with E-state index in [0.29, 0.717) is 19.8 Å². The number of benzene rings is 2. The summed E-state index contributed by atoms with van der Waals surface area (Å²) in [5.74, 6) is 0. The summed E-state index contributed by atoms with van der Waals surface area (Å²) in [4.78, 5) is 0. The molecule has 0 heterocycles. The molecule has 132 valence electrons. The molecule has 0 saturated heterocycles. The quantitative estimate of drug-likeness (QED) is 0.696.